The third-order valence-electron chi connectivity index (χ3n) is 6.74. The second-order valence-corrected chi connectivity index (χ2v) is 9.42. The maximum Gasteiger partial charge on any atom is 0.266 e. The Bertz CT molecular complexity index is 1470. The number of hydrogen-bond donors (Lipinski definition) is 1. The number of rotatable bonds is 5. The van der Waals surface area contributed by atoms with E-state index in [1.807, 2.05) is 36.4 Å². The Kier molecular flexibility index (Phi) is 5.83. The van der Waals surface area contributed by atoms with Crippen molar-refractivity contribution < 1.29 is 19.4 Å². The van der Waals surface area contributed by atoms with Crippen molar-refractivity contribution in [2.75, 3.05) is 4.90 Å². The molecule has 178 valence electrons. The zero-order valence-corrected chi connectivity index (χ0v) is 20.1. The molecule has 2 aliphatic rings. The Balaban J connectivity index is 1.35. The molecule has 5 heteroatoms. The highest BCUT2D eigenvalue weighted by atomic mass is 16.5. The van der Waals surface area contributed by atoms with Gasteiger partial charge in [0.2, 0.25) is 0 Å². The average molecular weight is 476 g/mol. The van der Waals surface area contributed by atoms with E-state index in [1.54, 1.807) is 42.5 Å². The van der Waals surface area contributed by atoms with Crippen LogP contribution in [0, 0.1) is 12.3 Å². The predicted molar refractivity (Wildman–Crippen MR) is 139 cm³/mol. The lowest BCUT2D eigenvalue weighted by Crippen LogP contribution is -2.29. The van der Waals surface area contributed by atoms with Crippen LogP contribution in [-0.2, 0) is 5.41 Å². The first-order chi connectivity index (χ1) is 17.3. The third-order valence-corrected chi connectivity index (χ3v) is 6.74. The van der Waals surface area contributed by atoms with E-state index in [4.69, 9.17) is 11.2 Å². The van der Waals surface area contributed by atoms with E-state index in [1.165, 1.54) is 0 Å². The van der Waals surface area contributed by atoms with Gasteiger partial charge in [-0.25, -0.2) is 4.90 Å². The summed E-state index contributed by atoms with van der Waals surface area (Å²) in [5.74, 6) is 2.81. The molecule has 1 heterocycles. The molecule has 1 N–H and O–H groups in total. The van der Waals surface area contributed by atoms with E-state index < -0.39 is 12.0 Å². The number of imide groups is 1. The van der Waals surface area contributed by atoms with Gasteiger partial charge in [0.05, 0.1) is 22.9 Å². The lowest BCUT2D eigenvalue weighted by atomic mass is 9.76. The lowest BCUT2D eigenvalue weighted by Gasteiger charge is -2.29. The second-order valence-electron chi connectivity index (χ2n) is 9.42. The van der Waals surface area contributed by atoms with Gasteiger partial charge in [-0.1, -0.05) is 56.2 Å². The maximum absolute atomic E-state index is 13.1. The van der Waals surface area contributed by atoms with Crippen LogP contribution in [-0.4, -0.2) is 23.0 Å². The van der Waals surface area contributed by atoms with Gasteiger partial charge in [0.15, 0.2) is 0 Å². The molecule has 5 rings (SSSR count). The van der Waals surface area contributed by atoms with Crippen LogP contribution in [0.15, 0.2) is 90.5 Å². The molecule has 36 heavy (non-hydrogen) atoms. The van der Waals surface area contributed by atoms with E-state index in [0.717, 1.165) is 16.0 Å². The summed E-state index contributed by atoms with van der Waals surface area (Å²) in [6.45, 7) is 4.29. The molecule has 5 nitrogen and oxygen atoms in total. The minimum Gasteiger partial charge on any atom is -0.457 e. The number of amides is 2. The summed E-state index contributed by atoms with van der Waals surface area (Å²) >= 11 is 0. The molecular formula is C31H25NO4. The number of anilines is 1. The van der Waals surface area contributed by atoms with Gasteiger partial charge < -0.3 is 9.84 Å². The first-order valence-corrected chi connectivity index (χ1v) is 11.7. The predicted octanol–water partition coefficient (Wildman–Crippen LogP) is 5.79. The number of hydrogen-bond acceptors (Lipinski definition) is 4. The molecule has 0 saturated carbocycles. The van der Waals surface area contributed by atoms with Crippen LogP contribution in [0.5, 0.6) is 11.5 Å². The smallest absolute Gasteiger partial charge is 0.266 e. The van der Waals surface area contributed by atoms with Crippen molar-refractivity contribution in [1.29, 1.82) is 0 Å². The molecule has 1 unspecified atom stereocenters. The summed E-state index contributed by atoms with van der Waals surface area (Å²) in [4.78, 5) is 27.2. The topological polar surface area (TPSA) is 66.8 Å². The van der Waals surface area contributed by atoms with E-state index >= 15 is 0 Å². The van der Waals surface area contributed by atoms with Gasteiger partial charge in [-0.3, -0.25) is 9.59 Å². The Labute approximate surface area is 210 Å². The minimum absolute atomic E-state index is 0.226. The van der Waals surface area contributed by atoms with Crippen molar-refractivity contribution in [3.63, 3.8) is 0 Å². The molecule has 3 aromatic rings. The number of nitrogens with zero attached hydrogens (tertiary/aromatic N) is 1. The fourth-order valence-corrected chi connectivity index (χ4v) is 4.57. The zero-order valence-electron chi connectivity index (χ0n) is 20.1. The molecule has 1 aliphatic carbocycles. The molecule has 0 aromatic heterocycles. The molecule has 0 fully saturated rings. The molecule has 0 bridgehead atoms. The van der Waals surface area contributed by atoms with Crippen LogP contribution >= 0.6 is 0 Å². The third kappa shape index (κ3) is 4.13. The summed E-state index contributed by atoms with van der Waals surface area (Å²) in [5.41, 5.74) is 3.69. The van der Waals surface area contributed by atoms with E-state index in [2.05, 4.69) is 25.8 Å². The highest BCUT2D eigenvalue weighted by Crippen LogP contribution is 2.36. The van der Waals surface area contributed by atoms with E-state index in [0.29, 0.717) is 40.3 Å². The Morgan fingerprint density at radius 2 is 1.69 bits per heavy atom. The van der Waals surface area contributed by atoms with Crippen molar-refractivity contribution in [2.45, 2.75) is 31.8 Å². The molecule has 1 atom stereocenters. The molecule has 1 aliphatic heterocycles. The number of terminal acetylenes is 1. The standard InChI is InChI=1S/C31H25NO4/c1-4-20-6-5-7-23(18-20)32-29(34)27-17-16-26(19-28(27)30(32)35)36-25-14-10-22(11-15-25)31(2,3)21-8-12-24(33)13-9-21/h1,5-12,14-19,24,33H,13H2,2-3H3. The number of aliphatic hydroxyl groups is 1. The fraction of sp³-hybridized carbons (Fsp3) is 0.161. The number of benzene rings is 3. The van der Waals surface area contributed by atoms with Gasteiger partial charge in [-0.05, 0) is 66.1 Å². The van der Waals surface area contributed by atoms with Crippen LogP contribution in [0.2, 0.25) is 0 Å². The SMILES string of the molecule is C#Cc1cccc(N2C(=O)c3ccc(Oc4ccc(C(C)(C)C5=CCC(O)C=C5)cc4)cc3C2=O)c1. The second kappa shape index (κ2) is 8.99. The number of allylic oxidation sites excluding steroid dienone is 2. The van der Waals surface area contributed by atoms with Crippen molar-refractivity contribution in [3.8, 4) is 23.8 Å². The molecular weight excluding hydrogens is 450 g/mol. The number of fused-ring (bicyclic) bond motifs is 1. The highest BCUT2D eigenvalue weighted by Gasteiger charge is 2.37. The van der Waals surface area contributed by atoms with Crippen LogP contribution in [0.3, 0.4) is 0 Å². The molecule has 3 aromatic carbocycles. The van der Waals surface area contributed by atoms with Crippen LogP contribution in [0.4, 0.5) is 5.69 Å². The monoisotopic (exact) mass is 475 g/mol. The molecule has 0 radical (unpaired) electrons. The fourth-order valence-electron chi connectivity index (χ4n) is 4.57. The first-order valence-electron chi connectivity index (χ1n) is 11.7. The van der Waals surface area contributed by atoms with E-state index in [9.17, 15) is 14.7 Å². The van der Waals surface area contributed by atoms with Crippen molar-refractivity contribution in [3.05, 3.63) is 113 Å². The van der Waals surface area contributed by atoms with E-state index in [-0.39, 0.29) is 11.3 Å². The summed E-state index contributed by atoms with van der Waals surface area (Å²) in [7, 11) is 0. The van der Waals surface area contributed by atoms with Gasteiger partial charge in [0.25, 0.3) is 11.8 Å². The van der Waals surface area contributed by atoms with Gasteiger partial charge in [-0.15, -0.1) is 6.42 Å². The lowest BCUT2D eigenvalue weighted by molar-refractivity contribution is 0.0926. The Morgan fingerprint density at radius 1 is 0.972 bits per heavy atom. The highest BCUT2D eigenvalue weighted by molar-refractivity contribution is 6.34. The summed E-state index contributed by atoms with van der Waals surface area (Å²) in [5, 5.41) is 9.73. The van der Waals surface area contributed by atoms with Crippen LogP contribution < -0.4 is 9.64 Å². The molecule has 0 saturated heterocycles. The molecule has 0 spiro atoms. The van der Waals surface area contributed by atoms with Crippen LogP contribution in [0.25, 0.3) is 0 Å². The van der Waals surface area contributed by atoms with Gasteiger partial charge in [0.1, 0.15) is 11.5 Å². The summed E-state index contributed by atoms with van der Waals surface area (Å²) < 4.78 is 6.02. The molecule has 2 amide bonds. The van der Waals surface area contributed by atoms with Gasteiger partial charge >= 0.3 is 0 Å². The van der Waals surface area contributed by atoms with Crippen molar-refractivity contribution >= 4 is 17.5 Å². The maximum atomic E-state index is 13.1. The number of aliphatic hydroxyl groups excluding tert-OH is 1. The Morgan fingerprint density at radius 3 is 2.39 bits per heavy atom. The minimum atomic E-state index is -0.421. The normalized spacial score (nSPS) is 17.0. The van der Waals surface area contributed by atoms with Gasteiger partial charge in [-0.2, -0.15) is 0 Å². The quantitative estimate of drug-likeness (QED) is 0.375. The average Bonchev–Trinajstić information content (AvgIpc) is 3.13. The number of carbonyl (C=O) groups excluding carboxylic acids is 2. The number of ether oxygens (including phenoxy) is 1. The van der Waals surface area contributed by atoms with Gasteiger partial charge in [0, 0.05) is 11.0 Å². The Hall–Kier alpha value is -4.40. The summed E-state index contributed by atoms with van der Waals surface area (Å²) in [6.07, 6.45) is 11.5. The number of carbonyl (C=O) groups is 2. The largest absolute Gasteiger partial charge is 0.457 e. The zero-order chi connectivity index (χ0) is 25.4. The first kappa shape index (κ1) is 23.3. The van der Waals surface area contributed by atoms with Crippen molar-refractivity contribution in [1.82, 2.24) is 0 Å². The summed E-state index contributed by atoms with van der Waals surface area (Å²) in [6, 6.07) is 19.5. The van der Waals surface area contributed by atoms with Crippen LogP contribution in [0.1, 0.15) is 52.1 Å². The van der Waals surface area contributed by atoms with Crippen molar-refractivity contribution in [2.24, 2.45) is 0 Å².